The molecule has 0 unspecified atom stereocenters. The lowest BCUT2D eigenvalue weighted by atomic mass is 10.1. The van der Waals surface area contributed by atoms with Crippen molar-refractivity contribution < 1.29 is 37.3 Å². The van der Waals surface area contributed by atoms with E-state index in [2.05, 4.69) is 4.74 Å². The van der Waals surface area contributed by atoms with Crippen molar-refractivity contribution in [2.45, 2.75) is 6.61 Å². The number of benzene rings is 1. The molecule has 0 fully saturated rings. The third-order valence-corrected chi connectivity index (χ3v) is 3.53. The van der Waals surface area contributed by atoms with Crippen molar-refractivity contribution in [3.8, 4) is 11.5 Å². The van der Waals surface area contributed by atoms with Crippen molar-refractivity contribution in [3.05, 3.63) is 53.9 Å². The van der Waals surface area contributed by atoms with Crippen LogP contribution in [-0.4, -0.2) is 39.9 Å². The Bertz CT molecular complexity index is 816. The van der Waals surface area contributed by atoms with Crippen LogP contribution in [0.3, 0.4) is 0 Å². The molecular formula is C18H17F2NO6. The second kappa shape index (κ2) is 8.84. The number of carbonyl (C=O) groups excluding carboxylic acids is 2. The summed E-state index contributed by atoms with van der Waals surface area (Å²) in [7, 11) is 3.63. The van der Waals surface area contributed by atoms with Crippen LogP contribution >= 0.6 is 0 Å². The van der Waals surface area contributed by atoms with Gasteiger partial charge in [0.25, 0.3) is 0 Å². The molecule has 0 amide bonds. The first kappa shape index (κ1) is 20.0. The lowest BCUT2D eigenvalue weighted by molar-refractivity contribution is -0.139. The number of methoxy groups -OCH3 is 3. The first-order chi connectivity index (χ1) is 12.9. The van der Waals surface area contributed by atoms with Crippen molar-refractivity contribution in [1.29, 1.82) is 0 Å². The number of hydrogen-bond donors (Lipinski definition) is 0. The fraction of sp³-hybridized carbons (Fsp3) is 0.222. The molecule has 0 N–H and O–H groups in total. The highest BCUT2D eigenvalue weighted by Crippen LogP contribution is 2.35. The van der Waals surface area contributed by atoms with E-state index in [1.807, 2.05) is 0 Å². The van der Waals surface area contributed by atoms with E-state index < -0.39 is 18.6 Å². The van der Waals surface area contributed by atoms with Gasteiger partial charge in [-0.25, -0.2) is 9.59 Å². The molecule has 1 aromatic carbocycles. The minimum atomic E-state index is -3.02. The molecule has 0 saturated heterocycles. The number of alkyl halides is 2. The Morgan fingerprint density at radius 1 is 1.00 bits per heavy atom. The molecule has 144 valence electrons. The van der Waals surface area contributed by atoms with Crippen LogP contribution in [0.4, 0.5) is 14.5 Å². The maximum Gasteiger partial charge on any atom is 0.387 e. The van der Waals surface area contributed by atoms with Crippen molar-refractivity contribution in [2.75, 3.05) is 26.2 Å². The minimum Gasteiger partial charge on any atom is -0.493 e. The fourth-order valence-corrected chi connectivity index (χ4v) is 2.37. The quantitative estimate of drug-likeness (QED) is 0.702. The number of carbonyl (C=O) groups is 2. The number of hydrogen-bond acceptors (Lipinski definition) is 7. The van der Waals surface area contributed by atoms with Crippen LogP contribution in [-0.2, 0) is 19.1 Å². The van der Waals surface area contributed by atoms with Crippen molar-refractivity contribution in [2.24, 2.45) is 0 Å². The highest BCUT2D eigenvalue weighted by molar-refractivity contribution is 6.05. The maximum absolute atomic E-state index is 12.5. The van der Waals surface area contributed by atoms with E-state index in [1.54, 1.807) is 12.2 Å². The van der Waals surface area contributed by atoms with Gasteiger partial charge in [-0.3, -0.25) is 0 Å². The topological polar surface area (TPSA) is 74.3 Å². The maximum atomic E-state index is 12.5. The van der Waals surface area contributed by atoms with Gasteiger partial charge in [-0.05, 0) is 24.3 Å². The van der Waals surface area contributed by atoms with Crippen molar-refractivity contribution in [3.63, 3.8) is 0 Å². The Morgan fingerprint density at radius 2 is 1.70 bits per heavy atom. The third kappa shape index (κ3) is 4.43. The van der Waals surface area contributed by atoms with Crippen LogP contribution in [0.15, 0.2) is 53.9 Å². The summed E-state index contributed by atoms with van der Waals surface area (Å²) in [5, 5.41) is 0. The summed E-state index contributed by atoms with van der Waals surface area (Å²) in [5.41, 5.74) is 0.190. The number of anilines is 1. The number of nitrogens with zero attached hydrogens (tertiary/aromatic N) is 1. The van der Waals surface area contributed by atoms with Crippen molar-refractivity contribution >= 4 is 17.6 Å². The summed E-state index contributed by atoms with van der Waals surface area (Å²) in [6, 6.07) is 4.07. The number of esters is 2. The number of halogens is 2. The van der Waals surface area contributed by atoms with Crippen LogP contribution in [0.2, 0.25) is 0 Å². The fourth-order valence-electron chi connectivity index (χ4n) is 2.37. The second-order valence-corrected chi connectivity index (χ2v) is 5.03. The molecule has 27 heavy (non-hydrogen) atoms. The summed E-state index contributed by atoms with van der Waals surface area (Å²) in [6.07, 6.45) is 6.02. The van der Waals surface area contributed by atoms with Crippen LogP contribution in [0.5, 0.6) is 11.5 Å². The Balaban J connectivity index is 2.60. The number of ether oxygens (including phenoxy) is 4. The standard InChI is InChI=1S/C18H17F2NO6/c1-24-14-10-11(7-8-13(14)27-18(19)20)21-9-5-4-6-12(16(22)25-2)15(21)17(23)26-3/h4-10,18H,1-3H3. The molecule has 0 saturated carbocycles. The van der Waals surface area contributed by atoms with Gasteiger partial charge >= 0.3 is 18.6 Å². The molecule has 0 atom stereocenters. The normalized spacial score (nSPS) is 13.5. The van der Waals surface area contributed by atoms with E-state index in [1.165, 1.54) is 56.7 Å². The summed E-state index contributed by atoms with van der Waals surface area (Å²) in [6.45, 7) is -3.02. The van der Waals surface area contributed by atoms with Crippen molar-refractivity contribution in [1.82, 2.24) is 0 Å². The van der Waals surface area contributed by atoms with Gasteiger partial charge in [-0.1, -0.05) is 6.08 Å². The Hall–Kier alpha value is -3.36. The van der Waals surface area contributed by atoms with Gasteiger partial charge in [0.05, 0.1) is 26.9 Å². The van der Waals surface area contributed by atoms with E-state index in [9.17, 15) is 18.4 Å². The van der Waals surface area contributed by atoms with Crippen LogP contribution in [0.25, 0.3) is 0 Å². The third-order valence-electron chi connectivity index (χ3n) is 3.53. The lowest BCUT2D eigenvalue weighted by Crippen LogP contribution is -2.27. The first-order valence-electron chi connectivity index (χ1n) is 7.60. The monoisotopic (exact) mass is 381 g/mol. The highest BCUT2D eigenvalue weighted by Gasteiger charge is 2.28. The molecule has 2 rings (SSSR count). The minimum absolute atomic E-state index is 0.0160. The molecule has 0 aliphatic carbocycles. The van der Waals surface area contributed by atoms with E-state index in [0.29, 0.717) is 5.69 Å². The van der Waals surface area contributed by atoms with Gasteiger partial charge in [0.15, 0.2) is 11.5 Å². The summed E-state index contributed by atoms with van der Waals surface area (Å²) in [4.78, 5) is 25.8. The average Bonchev–Trinajstić information content (AvgIpc) is 2.89. The molecule has 1 aliphatic heterocycles. The zero-order valence-corrected chi connectivity index (χ0v) is 14.8. The van der Waals surface area contributed by atoms with E-state index in [-0.39, 0.29) is 22.8 Å². The molecule has 1 aromatic rings. The summed E-state index contributed by atoms with van der Waals surface area (Å²) < 4.78 is 44.0. The van der Waals surface area contributed by atoms with Gasteiger partial charge in [-0.2, -0.15) is 8.78 Å². The molecule has 0 bridgehead atoms. The van der Waals surface area contributed by atoms with Gasteiger partial charge in [0.1, 0.15) is 5.70 Å². The summed E-state index contributed by atoms with van der Waals surface area (Å²) in [5.74, 6) is -1.70. The van der Waals surface area contributed by atoms with E-state index in [4.69, 9.17) is 14.2 Å². The van der Waals surface area contributed by atoms with Crippen LogP contribution < -0.4 is 14.4 Å². The Kier molecular flexibility index (Phi) is 6.53. The van der Waals surface area contributed by atoms with Gasteiger partial charge < -0.3 is 23.8 Å². The average molecular weight is 381 g/mol. The highest BCUT2D eigenvalue weighted by atomic mass is 19.3. The SMILES string of the molecule is COC(=O)C1=C(C(=O)OC)N(c2ccc(OC(F)F)c(OC)c2)C=CC=C1. The Morgan fingerprint density at radius 3 is 2.30 bits per heavy atom. The molecule has 1 heterocycles. The Labute approximate surface area is 154 Å². The second-order valence-electron chi connectivity index (χ2n) is 5.03. The first-order valence-corrected chi connectivity index (χ1v) is 7.60. The molecule has 9 heteroatoms. The lowest BCUT2D eigenvalue weighted by Gasteiger charge is -2.24. The predicted octanol–water partition coefficient (Wildman–Crippen LogP) is 2.79. The molecule has 7 nitrogen and oxygen atoms in total. The number of rotatable bonds is 6. The van der Waals surface area contributed by atoms with Gasteiger partial charge in [0, 0.05) is 18.0 Å². The molecular weight excluding hydrogens is 364 g/mol. The van der Waals surface area contributed by atoms with Gasteiger partial charge in [0.2, 0.25) is 0 Å². The van der Waals surface area contributed by atoms with E-state index >= 15 is 0 Å². The van der Waals surface area contributed by atoms with Crippen LogP contribution in [0.1, 0.15) is 0 Å². The number of allylic oxidation sites excluding steroid dienone is 2. The van der Waals surface area contributed by atoms with Crippen LogP contribution in [0, 0.1) is 0 Å². The van der Waals surface area contributed by atoms with Gasteiger partial charge in [-0.15, -0.1) is 0 Å². The zero-order chi connectivity index (χ0) is 20.0. The predicted molar refractivity (Wildman–Crippen MR) is 91.4 cm³/mol. The molecule has 0 radical (unpaired) electrons. The van der Waals surface area contributed by atoms with E-state index in [0.717, 1.165) is 0 Å². The largest absolute Gasteiger partial charge is 0.493 e. The summed E-state index contributed by atoms with van der Waals surface area (Å²) >= 11 is 0. The molecule has 0 aromatic heterocycles. The smallest absolute Gasteiger partial charge is 0.387 e. The zero-order valence-electron chi connectivity index (χ0n) is 14.8. The molecule has 0 spiro atoms. The molecule has 1 aliphatic rings.